The average Bonchev–Trinajstić information content (AvgIpc) is 2.59. The quantitative estimate of drug-likeness (QED) is 0.851. The van der Waals surface area contributed by atoms with E-state index in [9.17, 15) is 14.4 Å². The van der Waals surface area contributed by atoms with E-state index >= 15 is 0 Å². The van der Waals surface area contributed by atoms with Crippen LogP contribution in [0.25, 0.3) is 0 Å². The van der Waals surface area contributed by atoms with E-state index in [1.165, 1.54) is 19.2 Å². The van der Waals surface area contributed by atoms with Gasteiger partial charge in [-0.25, -0.2) is 4.79 Å². The summed E-state index contributed by atoms with van der Waals surface area (Å²) in [6.07, 6.45) is 0. The molecule has 0 unspecified atom stereocenters. The van der Waals surface area contributed by atoms with E-state index in [4.69, 9.17) is 9.47 Å². The van der Waals surface area contributed by atoms with Gasteiger partial charge in [0.2, 0.25) is 0 Å². The first-order chi connectivity index (χ1) is 11.5. The molecule has 0 radical (unpaired) electrons. The lowest BCUT2D eigenvalue weighted by Crippen LogP contribution is -2.34. The van der Waals surface area contributed by atoms with Crippen molar-refractivity contribution >= 4 is 17.8 Å². The maximum Gasteiger partial charge on any atom is 0.338 e. The summed E-state index contributed by atoms with van der Waals surface area (Å²) in [5.41, 5.74) is 1.56. The molecule has 0 fully saturated rings. The predicted octanol–water partition coefficient (Wildman–Crippen LogP) is 2.12. The molecule has 124 valence electrons. The highest BCUT2D eigenvalue weighted by Crippen LogP contribution is 2.11. The number of aryl methyl sites for hydroxylation is 1. The number of benzene rings is 2. The fourth-order valence-corrected chi connectivity index (χ4v) is 1.96. The van der Waals surface area contributed by atoms with Gasteiger partial charge in [0.05, 0.1) is 12.7 Å². The van der Waals surface area contributed by atoms with E-state index in [1.807, 2.05) is 13.0 Å². The van der Waals surface area contributed by atoms with Crippen LogP contribution in [-0.2, 0) is 9.53 Å². The maximum atomic E-state index is 11.9. The Morgan fingerprint density at radius 1 is 1.00 bits per heavy atom. The fourth-order valence-electron chi connectivity index (χ4n) is 1.96. The fraction of sp³-hybridized carbons (Fsp3) is 0.167. The Kier molecular flexibility index (Phi) is 5.68. The SMILES string of the molecule is COc1ccc(C(=O)NC(=O)COC(=O)c2cccc(C)c2)cc1. The molecule has 0 heterocycles. The third-order valence-electron chi connectivity index (χ3n) is 3.19. The highest BCUT2D eigenvalue weighted by atomic mass is 16.5. The van der Waals surface area contributed by atoms with E-state index in [1.54, 1.807) is 30.3 Å². The number of rotatable bonds is 5. The Hall–Kier alpha value is -3.15. The predicted molar refractivity (Wildman–Crippen MR) is 86.9 cm³/mol. The zero-order valence-electron chi connectivity index (χ0n) is 13.4. The number of hydrogen-bond acceptors (Lipinski definition) is 5. The van der Waals surface area contributed by atoms with Crippen LogP contribution < -0.4 is 10.1 Å². The molecule has 2 amide bonds. The monoisotopic (exact) mass is 327 g/mol. The second-order valence-electron chi connectivity index (χ2n) is 5.05. The summed E-state index contributed by atoms with van der Waals surface area (Å²) >= 11 is 0. The van der Waals surface area contributed by atoms with Crippen molar-refractivity contribution in [3.05, 3.63) is 65.2 Å². The van der Waals surface area contributed by atoms with Gasteiger partial charge in [-0.2, -0.15) is 0 Å². The molecule has 6 heteroatoms. The van der Waals surface area contributed by atoms with Gasteiger partial charge in [-0.1, -0.05) is 17.7 Å². The molecule has 2 rings (SSSR count). The second kappa shape index (κ2) is 7.92. The Morgan fingerprint density at radius 3 is 2.33 bits per heavy atom. The van der Waals surface area contributed by atoms with Crippen molar-refractivity contribution in [3.8, 4) is 5.75 Å². The smallest absolute Gasteiger partial charge is 0.338 e. The number of methoxy groups -OCH3 is 1. The number of carbonyl (C=O) groups is 3. The summed E-state index contributed by atoms with van der Waals surface area (Å²) in [7, 11) is 1.52. The van der Waals surface area contributed by atoms with Crippen LogP contribution in [0, 0.1) is 6.92 Å². The van der Waals surface area contributed by atoms with Crippen molar-refractivity contribution in [1.29, 1.82) is 0 Å². The lowest BCUT2D eigenvalue weighted by Gasteiger charge is -2.07. The largest absolute Gasteiger partial charge is 0.497 e. The molecule has 2 aromatic rings. The molecule has 2 aromatic carbocycles. The van der Waals surface area contributed by atoms with Crippen LogP contribution in [0.1, 0.15) is 26.3 Å². The van der Waals surface area contributed by atoms with Crippen molar-refractivity contribution in [2.24, 2.45) is 0 Å². The van der Waals surface area contributed by atoms with Crippen molar-refractivity contribution in [2.75, 3.05) is 13.7 Å². The van der Waals surface area contributed by atoms with Crippen molar-refractivity contribution < 1.29 is 23.9 Å². The van der Waals surface area contributed by atoms with Gasteiger partial charge in [0.25, 0.3) is 11.8 Å². The first-order valence-electron chi connectivity index (χ1n) is 7.21. The molecular weight excluding hydrogens is 310 g/mol. The molecule has 0 aromatic heterocycles. The van der Waals surface area contributed by atoms with Crippen molar-refractivity contribution in [1.82, 2.24) is 5.32 Å². The second-order valence-corrected chi connectivity index (χ2v) is 5.05. The summed E-state index contributed by atoms with van der Waals surface area (Å²) in [5, 5.41) is 2.16. The Bertz CT molecular complexity index is 752. The number of carbonyl (C=O) groups excluding carboxylic acids is 3. The molecule has 1 N–H and O–H groups in total. The summed E-state index contributed by atoms with van der Waals surface area (Å²) < 4.78 is 9.88. The molecule has 0 aliphatic rings. The zero-order valence-corrected chi connectivity index (χ0v) is 13.4. The van der Waals surface area contributed by atoms with E-state index in [0.717, 1.165) is 5.56 Å². The maximum absolute atomic E-state index is 11.9. The number of nitrogens with one attached hydrogen (secondary N) is 1. The molecule has 6 nitrogen and oxygen atoms in total. The van der Waals surface area contributed by atoms with E-state index < -0.39 is 24.4 Å². The number of ether oxygens (including phenoxy) is 2. The number of imide groups is 1. The number of esters is 1. The van der Waals surface area contributed by atoms with E-state index in [2.05, 4.69) is 5.32 Å². The third kappa shape index (κ3) is 4.67. The van der Waals surface area contributed by atoms with Crippen LogP contribution >= 0.6 is 0 Å². The van der Waals surface area contributed by atoms with Crippen LogP contribution in [0.5, 0.6) is 5.75 Å². The summed E-state index contributed by atoms with van der Waals surface area (Å²) in [4.78, 5) is 35.4. The Labute approximate surface area is 139 Å². The van der Waals surface area contributed by atoms with Gasteiger partial charge in [0.1, 0.15) is 5.75 Å². The first-order valence-corrected chi connectivity index (χ1v) is 7.21. The lowest BCUT2D eigenvalue weighted by molar-refractivity contribution is -0.123. The van der Waals surface area contributed by atoms with Gasteiger partial charge in [-0.15, -0.1) is 0 Å². The normalized spacial score (nSPS) is 9.92. The molecular formula is C18H17NO5. The van der Waals surface area contributed by atoms with E-state index in [0.29, 0.717) is 16.9 Å². The molecule has 0 bridgehead atoms. The topological polar surface area (TPSA) is 81.7 Å². The summed E-state index contributed by atoms with van der Waals surface area (Å²) in [6, 6.07) is 13.1. The lowest BCUT2D eigenvalue weighted by atomic mass is 10.1. The minimum absolute atomic E-state index is 0.300. The minimum Gasteiger partial charge on any atom is -0.497 e. The van der Waals surface area contributed by atoms with Crippen LogP contribution in [0.3, 0.4) is 0 Å². The molecule has 0 saturated heterocycles. The van der Waals surface area contributed by atoms with Gasteiger partial charge in [-0.05, 0) is 43.3 Å². The zero-order chi connectivity index (χ0) is 17.5. The molecule has 0 saturated carbocycles. The molecule has 0 atom stereocenters. The van der Waals surface area contributed by atoms with Crippen LogP contribution in [0.2, 0.25) is 0 Å². The number of amides is 2. The summed E-state index contributed by atoms with van der Waals surface area (Å²) in [6.45, 7) is 1.31. The van der Waals surface area contributed by atoms with E-state index in [-0.39, 0.29) is 0 Å². The molecule has 0 spiro atoms. The molecule has 0 aliphatic heterocycles. The van der Waals surface area contributed by atoms with Crippen LogP contribution in [-0.4, -0.2) is 31.5 Å². The van der Waals surface area contributed by atoms with Gasteiger partial charge in [-0.3, -0.25) is 14.9 Å². The van der Waals surface area contributed by atoms with Crippen molar-refractivity contribution in [2.45, 2.75) is 6.92 Å². The van der Waals surface area contributed by atoms with Crippen LogP contribution in [0.15, 0.2) is 48.5 Å². The highest BCUT2D eigenvalue weighted by molar-refractivity contribution is 6.05. The molecule has 24 heavy (non-hydrogen) atoms. The van der Waals surface area contributed by atoms with Gasteiger partial charge >= 0.3 is 5.97 Å². The van der Waals surface area contributed by atoms with Gasteiger partial charge < -0.3 is 9.47 Å². The van der Waals surface area contributed by atoms with Gasteiger partial charge in [0.15, 0.2) is 6.61 Å². The number of hydrogen-bond donors (Lipinski definition) is 1. The molecule has 0 aliphatic carbocycles. The third-order valence-corrected chi connectivity index (χ3v) is 3.19. The van der Waals surface area contributed by atoms with Crippen LogP contribution in [0.4, 0.5) is 0 Å². The Balaban J connectivity index is 1.86. The standard InChI is InChI=1S/C18H17NO5/c1-12-4-3-5-14(10-12)18(22)24-11-16(20)19-17(21)13-6-8-15(23-2)9-7-13/h3-10H,11H2,1-2H3,(H,19,20,21). The highest BCUT2D eigenvalue weighted by Gasteiger charge is 2.13. The summed E-state index contributed by atoms with van der Waals surface area (Å²) in [5.74, 6) is -1.29. The first kappa shape index (κ1) is 17.2. The van der Waals surface area contributed by atoms with Gasteiger partial charge in [0, 0.05) is 5.56 Å². The minimum atomic E-state index is -0.697. The Morgan fingerprint density at radius 2 is 1.71 bits per heavy atom. The average molecular weight is 327 g/mol. The van der Waals surface area contributed by atoms with Crippen molar-refractivity contribution in [3.63, 3.8) is 0 Å².